The maximum Gasteiger partial charge on any atom is 0.416 e. The molecule has 3 aromatic rings. The fraction of sp³-hybridized carbons (Fsp3) is 0.167. The molecule has 0 N–H and O–H groups in total. The fourth-order valence-electron chi connectivity index (χ4n) is 3.24. The molecular weight excluding hydrogens is 471 g/mol. The van der Waals surface area contributed by atoms with Crippen molar-refractivity contribution in [1.29, 1.82) is 0 Å². The molecule has 0 aliphatic carbocycles. The van der Waals surface area contributed by atoms with Crippen molar-refractivity contribution in [3.63, 3.8) is 0 Å². The second kappa shape index (κ2) is 9.68. The number of carbonyl (C=O) groups excluding carboxylic acids is 2. The van der Waals surface area contributed by atoms with E-state index < -0.39 is 22.9 Å². The summed E-state index contributed by atoms with van der Waals surface area (Å²) in [6, 6.07) is 14.8. The third-order valence-corrected chi connectivity index (χ3v) is 5.80. The molecule has 2 amide bonds. The number of benzene rings is 2. The first-order valence-electron chi connectivity index (χ1n) is 10.0. The molecule has 1 aromatic heterocycles. The molecule has 0 radical (unpaired) electrons. The minimum absolute atomic E-state index is 0.0354. The number of ether oxygens (including phenoxy) is 2. The van der Waals surface area contributed by atoms with Gasteiger partial charge >= 0.3 is 6.18 Å². The van der Waals surface area contributed by atoms with Gasteiger partial charge in [-0.2, -0.15) is 13.2 Å². The van der Waals surface area contributed by atoms with E-state index in [4.69, 9.17) is 13.9 Å². The molecule has 2 aromatic carbocycles. The average molecular weight is 489 g/mol. The summed E-state index contributed by atoms with van der Waals surface area (Å²) in [5.41, 5.74) is -0.546. The van der Waals surface area contributed by atoms with Gasteiger partial charge in [0.05, 0.1) is 24.1 Å². The Bertz CT molecular complexity index is 1250. The Kier molecular flexibility index (Phi) is 6.69. The molecule has 0 saturated carbocycles. The number of carbonyl (C=O) groups is 2. The first-order valence-corrected chi connectivity index (χ1v) is 10.9. The van der Waals surface area contributed by atoms with E-state index in [1.165, 1.54) is 37.5 Å². The minimum Gasteiger partial charge on any atom is -0.493 e. The van der Waals surface area contributed by atoms with E-state index in [9.17, 15) is 22.8 Å². The van der Waals surface area contributed by atoms with E-state index in [1.54, 1.807) is 24.3 Å². The number of furan rings is 1. The van der Waals surface area contributed by atoms with Gasteiger partial charge in [0.15, 0.2) is 11.5 Å². The zero-order valence-corrected chi connectivity index (χ0v) is 18.6. The van der Waals surface area contributed by atoms with Gasteiger partial charge in [0.2, 0.25) is 0 Å². The van der Waals surface area contributed by atoms with E-state index >= 15 is 0 Å². The molecule has 4 rings (SSSR count). The number of para-hydroxylation sites is 2. The number of alkyl halides is 3. The van der Waals surface area contributed by atoms with E-state index in [0.29, 0.717) is 11.5 Å². The summed E-state index contributed by atoms with van der Waals surface area (Å²) < 4.78 is 55.3. The number of halogens is 3. The van der Waals surface area contributed by atoms with Crippen LogP contribution in [0.15, 0.2) is 70.0 Å². The molecule has 6 nitrogen and oxygen atoms in total. The molecule has 0 bridgehead atoms. The molecule has 34 heavy (non-hydrogen) atoms. The van der Waals surface area contributed by atoms with Crippen molar-refractivity contribution in [2.24, 2.45) is 0 Å². The number of amides is 2. The maximum atomic E-state index is 13.0. The van der Waals surface area contributed by atoms with Crippen LogP contribution in [0.2, 0.25) is 0 Å². The van der Waals surface area contributed by atoms with Crippen LogP contribution in [0.5, 0.6) is 11.5 Å². The summed E-state index contributed by atoms with van der Waals surface area (Å²) in [5.74, 6) is 0.969. The van der Waals surface area contributed by atoms with Gasteiger partial charge < -0.3 is 13.9 Å². The second-order valence-corrected chi connectivity index (χ2v) is 8.11. The van der Waals surface area contributed by atoms with Crippen molar-refractivity contribution in [3.05, 3.63) is 76.9 Å². The van der Waals surface area contributed by atoms with Crippen molar-refractivity contribution in [1.82, 2.24) is 4.90 Å². The van der Waals surface area contributed by atoms with Crippen LogP contribution in [-0.2, 0) is 11.0 Å². The summed E-state index contributed by atoms with van der Waals surface area (Å²) in [5, 5.41) is -0.454. The molecule has 0 spiro atoms. The van der Waals surface area contributed by atoms with Crippen molar-refractivity contribution in [3.8, 4) is 22.8 Å². The van der Waals surface area contributed by atoms with Gasteiger partial charge in [-0.25, -0.2) is 0 Å². The number of hydrogen-bond acceptors (Lipinski definition) is 6. The Labute approximate surface area is 196 Å². The van der Waals surface area contributed by atoms with Gasteiger partial charge in [-0.1, -0.05) is 24.3 Å². The van der Waals surface area contributed by atoms with Crippen molar-refractivity contribution in [2.75, 3.05) is 20.3 Å². The van der Waals surface area contributed by atoms with Crippen LogP contribution in [0.1, 0.15) is 11.3 Å². The molecule has 1 fully saturated rings. The third kappa shape index (κ3) is 5.12. The molecule has 1 saturated heterocycles. The van der Waals surface area contributed by atoms with Crippen LogP contribution in [0.3, 0.4) is 0 Å². The highest BCUT2D eigenvalue weighted by Gasteiger charge is 2.35. The molecular formula is C24H18F3NO5S. The zero-order valence-electron chi connectivity index (χ0n) is 17.8. The predicted molar refractivity (Wildman–Crippen MR) is 120 cm³/mol. The van der Waals surface area contributed by atoms with Crippen LogP contribution in [0, 0.1) is 0 Å². The number of methoxy groups -OCH3 is 1. The Morgan fingerprint density at radius 3 is 2.53 bits per heavy atom. The molecule has 0 atom stereocenters. The normalized spacial score (nSPS) is 15.3. The molecule has 2 heterocycles. The SMILES string of the molecule is COc1ccccc1OCCN1C(=O)S/C(=C\c2ccc(-c3cccc(C(F)(F)F)c3)o2)C1=O. The average Bonchev–Trinajstić information content (AvgIpc) is 3.39. The largest absolute Gasteiger partial charge is 0.493 e. The Morgan fingerprint density at radius 2 is 1.79 bits per heavy atom. The molecule has 176 valence electrons. The predicted octanol–water partition coefficient (Wildman–Crippen LogP) is 6.09. The van der Waals surface area contributed by atoms with Crippen LogP contribution >= 0.6 is 11.8 Å². The first-order chi connectivity index (χ1) is 16.3. The highest BCUT2D eigenvalue weighted by atomic mass is 32.2. The summed E-state index contributed by atoms with van der Waals surface area (Å²) >= 11 is 0.751. The standard InChI is InChI=1S/C24H18F3NO5S/c1-31-19-7-2-3-8-20(19)32-12-11-28-22(29)21(34-23(28)30)14-17-9-10-18(33-17)15-5-4-6-16(13-15)24(25,26)27/h2-10,13-14H,11-12H2,1H3/b21-14-. The van der Waals surface area contributed by atoms with E-state index in [1.807, 2.05) is 0 Å². The summed E-state index contributed by atoms with van der Waals surface area (Å²) in [6.07, 6.45) is -3.08. The Hall–Kier alpha value is -3.66. The van der Waals surface area contributed by atoms with Crippen LogP contribution in [-0.4, -0.2) is 36.3 Å². The zero-order chi connectivity index (χ0) is 24.3. The lowest BCUT2D eigenvalue weighted by Crippen LogP contribution is -2.32. The number of imide groups is 1. The van der Waals surface area contributed by atoms with Crippen molar-refractivity contribution >= 4 is 29.0 Å². The van der Waals surface area contributed by atoms with Crippen molar-refractivity contribution in [2.45, 2.75) is 6.18 Å². The lowest BCUT2D eigenvalue weighted by Gasteiger charge is -2.14. The van der Waals surface area contributed by atoms with Crippen LogP contribution in [0.25, 0.3) is 17.4 Å². The maximum absolute atomic E-state index is 13.0. The van der Waals surface area contributed by atoms with Crippen LogP contribution < -0.4 is 9.47 Å². The Morgan fingerprint density at radius 1 is 1.03 bits per heavy atom. The first kappa shape index (κ1) is 23.5. The van der Waals surface area contributed by atoms with Gasteiger partial charge in [0.1, 0.15) is 18.1 Å². The van der Waals surface area contributed by atoms with E-state index in [0.717, 1.165) is 28.8 Å². The third-order valence-electron chi connectivity index (χ3n) is 4.89. The fourth-order valence-corrected chi connectivity index (χ4v) is 4.09. The molecule has 10 heteroatoms. The molecule has 1 aliphatic heterocycles. The van der Waals surface area contributed by atoms with Gasteiger partial charge in [-0.15, -0.1) is 0 Å². The number of rotatable bonds is 7. The Balaban J connectivity index is 1.43. The highest BCUT2D eigenvalue weighted by Crippen LogP contribution is 2.35. The van der Waals surface area contributed by atoms with E-state index in [-0.39, 0.29) is 35.1 Å². The number of hydrogen-bond donors (Lipinski definition) is 0. The molecule has 0 unspecified atom stereocenters. The van der Waals surface area contributed by atoms with Crippen molar-refractivity contribution < 1.29 is 36.7 Å². The topological polar surface area (TPSA) is 69.0 Å². The van der Waals surface area contributed by atoms with Gasteiger partial charge in [-0.3, -0.25) is 14.5 Å². The number of thioether (sulfide) groups is 1. The monoisotopic (exact) mass is 489 g/mol. The summed E-state index contributed by atoms with van der Waals surface area (Å²) in [4.78, 5) is 26.2. The summed E-state index contributed by atoms with van der Waals surface area (Å²) in [7, 11) is 1.51. The molecule has 1 aliphatic rings. The quantitative estimate of drug-likeness (QED) is 0.374. The lowest BCUT2D eigenvalue weighted by atomic mass is 10.1. The van der Waals surface area contributed by atoms with Gasteiger partial charge in [0, 0.05) is 11.6 Å². The number of nitrogens with zero attached hydrogens (tertiary/aromatic N) is 1. The van der Waals surface area contributed by atoms with Gasteiger partial charge in [0.25, 0.3) is 11.1 Å². The van der Waals surface area contributed by atoms with Gasteiger partial charge in [-0.05, 0) is 48.2 Å². The summed E-state index contributed by atoms with van der Waals surface area (Å²) in [6.45, 7) is 0.111. The lowest BCUT2D eigenvalue weighted by molar-refractivity contribution is -0.137. The van der Waals surface area contributed by atoms with E-state index in [2.05, 4.69) is 0 Å². The minimum atomic E-state index is -4.47. The smallest absolute Gasteiger partial charge is 0.416 e. The second-order valence-electron chi connectivity index (χ2n) is 7.11. The highest BCUT2D eigenvalue weighted by molar-refractivity contribution is 8.18. The van der Waals surface area contributed by atoms with Crippen LogP contribution in [0.4, 0.5) is 18.0 Å².